The lowest BCUT2D eigenvalue weighted by molar-refractivity contribution is 0.845. The average molecular weight is 210 g/mol. The van der Waals surface area contributed by atoms with Crippen LogP contribution in [0.25, 0.3) is 4.96 Å². The molecule has 0 saturated carbocycles. The lowest BCUT2D eigenvalue weighted by atomic mass is 10.3. The van der Waals surface area contributed by atoms with Gasteiger partial charge in [-0.05, 0) is 6.42 Å². The van der Waals surface area contributed by atoms with Gasteiger partial charge in [-0.2, -0.15) is 4.98 Å². The molecule has 2 heterocycles. The normalized spacial score (nSPS) is 10.7. The fourth-order valence-corrected chi connectivity index (χ4v) is 2.00. The van der Waals surface area contributed by atoms with Gasteiger partial charge in [-0.25, -0.2) is 4.52 Å². The Kier molecular flexibility index (Phi) is 2.20. The van der Waals surface area contributed by atoms with Crippen molar-refractivity contribution in [2.45, 2.75) is 13.3 Å². The van der Waals surface area contributed by atoms with Crippen LogP contribution in [0.2, 0.25) is 0 Å². The zero-order valence-corrected chi connectivity index (χ0v) is 8.76. The Morgan fingerprint density at radius 2 is 2.43 bits per heavy atom. The van der Waals surface area contributed by atoms with Crippen molar-refractivity contribution in [2.75, 3.05) is 12.4 Å². The molecule has 0 aliphatic rings. The van der Waals surface area contributed by atoms with Crippen molar-refractivity contribution in [1.29, 1.82) is 0 Å². The van der Waals surface area contributed by atoms with Gasteiger partial charge in [0.2, 0.25) is 10.1 Å². The molecule has 6 heteroatoms. The molecule has 0 aromatic carbocycles. The number of nitrogens with one attached hydrogen (secondary N) is 1. The van der Waals surface area contributed by atoms with Gasteiger partial charge in [-0.15, -0.1) is 5.10 Å². The maximum absolute atomic E-state index is 11.2. The van der Waals surface area contributed by atoms with Gasteiger partial charge in [0.1, 0.15) is 0 Å². The number of hydrogen-bond donors (Lipinski definition) is 1. The number of nitrogens with zero attached hydrogens (tertiary/aromatic N) is 3. The van der Waals surface area contributed by atoms with Crippen molar-refractivity contribution in [1.82, 2.24) is 14.6 Å². The van der Waals surface area contributed by atoms with Crippen LogP contribution in [-0.4, -0.2) is 21.6 Å². The third-order valence-corrected chi connectivity index (χ3v) is 2.83. The Morgan fingerprint density at radius 1 is 1.64 bits per heavy atom. The van der Waals surface area contributed by atoms with Gasteiger partial charge in [-0.1, -0.05) is 18.3 Å². The van der Waals surface area contributed by atoms with Crippen molar-refractivity contribution in [3.05, 3.63) is 22.1 Å². The Balaban J connectivity index is 2.78. The molecule has 0 bridgehead atoms. The molecule has 0 radical (unpaired) electrons. The second-order valence-electron chi connectivity index (χ2n) is 2.79. The molecular formula is C8H10N4OS. The van der Waals surface area contributed by atoms with E-state index in [1.54, 1.807) is 11.6 Å². The minimum absolute atomic E-state index is 0.201. The van der Waals surface area contributed by atoms with Crippen LogP contribution in [0.3, 0.4) is 0 Å². The highest BCUT2D eigenvalue weighted by atomic mass is 32.1. The maximum atomic E-state index is 11.2. The smallest absolute Gasteiger partial charge is 0.274 e. The van der Waals surface area contributed by atoms with Gasteiger partial charge in [0.05, 0.1) is 5.69 Å². The molecule has 2 rings (SSSR count). The van der Waals surface area contributed by atoms with Crippen molar-refractivity contribution < 1.29 is 0 Å². The molecule has 0 spiro atoms. The minimum atomic E-state index is -0.201. The molecule has 5 nitrogen and oxygen atoms in total. The molecule has 0 amide bonds. The molecule has 0 aliphatic heterocycles. The van der Waals surface area contributed by atoms with E-state index in [0.717, 1.165) is 17.2 Å². The SMILES string of the molecule is CCc1cc(=O)nc2sc(NC)nn12. The van der Waals surface area contributed by atoms with Crippen LogP contribution in [-0.2, 0) is 6.42 Å². The topological polar surface area (TPSA) is 59.3 Å². The summed E-state index contributed by atoms with van der Waals surface area (Å²) in [5, 5.41) is 7.96. The van der Waals surface area contributed by atoms with E-state index in [-0.39, 0.29) is 5.56 Å². The molecule has 0 aliphatic carbocycles. The number of aromatic nitrogens is 3. The maximum Gasteiger partial charge on any atom is 0.274 e. The van der Waals surface area contributed by atoms with Gasteiger partial charge in [-0.3, -0.25) is 4.79 Å². The Hall–Kier alpha value is -1.43. The van der Waals surface area contributed by atoms with E-state index in [9.17, 15) is 4.79 Å². The molecule has 1 N–H and O–H groups in total. The van der Waals surface area contributed by atoms with Gasteiger partial charge in [0, 0.05) is 13.1 Å². The summed E-state index contributed by atoms with van der Waals surface area (Å²) in [7, 11) is 1.79. The Bertz CT molecular complexity index is 516. The first-order valence-corrected chi connectivity index (χ1v) is 5.13. The largest absolute Gasteiger partial charge is 0.363 e. The van der Waals surface area contributed by atoms with Crippen molar-refractivity contribution in [2.24, 2.45) is 0 Å². The molecule has 2 aromatic rings. The number of fused-ring (bicyclic) bond motifs is 1. The van der Waals surface area contributed by atoms with E-state index in [4.69, 9.17) is 0 Å². The van der Waals surface area contributed by atoms with Gasteiger partial charge >= 0.3 is 0 Å². The summed E-state index contributed by atoms with van der Waals surface area (Å²) in [6.07, 6.45) is 0.770. The zero-order chi connectivity index (χ0) is 10.1. The van der Waals surface area contributed by atoms with E-state index in [0.29, 0.717) is 4.96 Å². The Labute approximate surface area is 84.4 Å². The number of aryl methyl sites for hydroxylation is 1. The van der Waals surface area contributed by atoms with Crippen molar-refractivity contribution >= 4 is 21.4 Å². The summed E-state index contributed by atoms with van der Waals surface area (Å²) in [5.74, 6) is 0. The summed E-state index contributed by atoms with van der Waals surface area (Å²) >= 11 is 1.37. The fraction of sp³-hybridized carbons (Fsp3) is 0.375. The first kappa shape index (κ1) is 9.14. The van der Waals surface area contributed by atoms with Crippen molar-refractivity contribution in [3.63, 3.8) is 0 Å². The van der Waals surface area contributed by atoms with E-state index in [1.807, 2.05) is 6.92 Å². The van der Waals surface area contributed by atoms with E-state index < -0.39 is 0 Å². The summed E-state index contributed by atoms with van der Waals surface area (Å²) in [5.41, 5.74) is 0.686. The summed E-state index contributed by atoms with van der Waals surface area (Å²) in [4.78, 5) is 15.7. The highest BCUT2D eigenvalue weighted by Crippen LogP contribution is 2.16. The van der Waals surface area contributed by atoms with Crippen LogP contribution in [0.5, 0.6) is 0 Å². The van der Waals surface area contributed by atoms with Crippen LogP contribution in [0.4, 0.5) is 5.13 Å². The zero-order valence-electron chi connectivity index (χ0n) is 7.94. The van der Waals surface area contributed by atoms with Crippen molar-refractivity contribution in [3.8, 4) is 0 Å². The van der Waals surface area contributed by atoms with Gasteiger partial charge < -0.3 is 5.32 Å². The monoisotopic (exact) mass is 210 g/mol. The van der Waals surface area contributed by atoms with Crippen LogP contribution < -0.4 is 10.9 Å². The minimum Gasteiger partial charge on any atom is -0.363 e. The molecule has 0 saturated heterocycles. The first-order valence-electron chi connectivity index (χ1n) is 4.32. The van der Waals surface area contributed by atoms with E-state index in [2.05, 4.69) is 15.4 Å². The first-order chi connectivity index (χ1) is 6.74. The molecular weight excluding hydrogens is 200 g/mol. The number of anilines is 1. The highest BCUT2D eigenvalue weighted by molar-refractivity contribution is 7.20. The van der Waals surface area contributed by atoms with Gasteiger partial charge in [0.25, 0.3) is 5.56 Å². The number of rotatable bonds is 2. The molecule has 74 valence electrons. The predicted molar refractivity (Wildman–Crippen MR) is 56.1 cm³/mol. The highest BCUT2D eigenvalue weighted by Gasteiger charge is 2.06. The second-order valence-corrected chi connectivity index (χ2v) is 3.75. The lowest BCUT2D eigenvalue weighted by Gasteiger charge is -1.97. The quantitative estimate of drug-likeness (QED) is 0.794. The van der Waals surface area contributed by atoms with E-state index >= 15 is 0 Å². The van der Waals surface area contributed by atoms with E-state index in [1.165, 1.54) is 17.4 Å². The Morgan fingerprint density at radius 3 is 3.07 bits per heavy atom. The summed E-state index contributed by atoms with van der Waals surface area (Å²) < 4.78 is 1.71. The standard InChI is InChI=1S/C8H10N4OS/c1-3-5-4-6(13)10-8-12(5)11-7(9-2)14-8/h4H,3H2,1-2H3,(H,9,11). The molecule has 14 heavy (non-hydrogen) atoms. The molecule has 0 atom stereocenters. The van der Waals surface area contributed by atoms with Crippen LogP contribution in [0, 0.1) is 0 Å². The van der Waals surface area contributed by atoms with Crippen LogP contribution in [0.1, 0.15) is 12.6 Å². The third-order valence-electron chi connectivity index (χ3n) is 1.90. The average Bonchev–Trinajstić information content (AvgIpc) is 2.59. The lowest BCUT2D eigenvalue weighted by Crippen LogP contribution is -2.10. The van der Waals surface area contributed by atoms with Crippen LogP contribution in [0.15, 0.2) is 10.9 Å². The molecule has 0 unspecified atom stereocenters. The summed E-state index contributed by atoms with van der Waals surface area (Å²) in [6.45, 7) is 1.99. The third kappa shape index (κ3) is 1.37. The molecule has 2 aromatic heterocycles. The van der Waals surface area contributed by atoms with Crippen LogP contribution >= 0.6 is 11.3 Å². The number of hydrogen-bond acceptors (Lipinski definition) is 5. The second kappa shape index (κ2) is 3.38. The summed E-state index contributed by atoms with van der Waals surface area (Å²) in [6, 6.07) is 1.52. The molecule has 0 fully saturated rings. The van der Waals surface area contributed by atoms with Gasteiger partial charge in [0.15, 0.2) is 0 Å². The fourth-order valence-electron chi connectivity index (χ4n) is 1.22. The predicted octanol–water partition coefficient (Wildman–Crippen LogP) is 0.755.